The predicted molar refractivity (Wildman–Crippen MR) is 150 cm³/mol. The molecule has 3 unspecified atom stereocenters. The first-order valence-corrected chi connectivity index (χ1v) is 13.5. The van der Waals surface area contributed by atoms with Crippen LogP contribution >= 0.6 is 23.2 Å². The SMILES string of the molecule is CC(=O)NC(CC(Cc1ccc(C(N)=O)cc1)c1ccc(Cl)c(Cl)c1)N1CCCCC1c1ccccc1. The highest BCUT2D eigenvalue weighted by molar-refractivity contribution is 6.42. The van der Waals surface area contributed by atoms with Gasteiger partial charge in [0.25, 0.3) is 0 Å². The second kappa shape index (κ2) is 12.6. The third-order valence-corrected chi connectivity index (χ3v) is 7.88. The standard InChI is InChI=1S/C30H33Cl2N3O2/c1-20(36)34-29(35-16-6-5-9-28(35)22-7-3-2-4-8-22)19-25(24-14-15-26(31)27(32)18-24)17-21-10-12-23(13-11-21)30(33)37/h2-4,7-8,10-15,18,25,28-29H,5-6,9,16-17,19H2,1H3,(H2,33,37)(H,34,36). The van der Waals surface area contributed by atoms with E-state index in [9.17, 15) is 9.59 Å². The van der Waals surface area contributed by atoms with E-state index in [4.69, 9.17) is 28.9 Å². The Hall–Kier alpha value is -2.86. The Morgan fingerprint density at radius 1 is 1.00 bits per heavy atom. The molecule has 0 radical (unpaired) electrons. The summed E-state index contributed by atoms with van der Waals surface area (Å²) in [6.45, 7) is 2.48. The van der Waals surface area contributed by atoms with Crippen LogP contribution in [0.2, 0.25) is 10.0 Å². The van der Waals surface area contributed by atoms with Gasteiger partial charge in [-0.25, -0.2) is 0 Å². The van der Waals surface area contributed by atoms with E-state index >= 15 is 0 Å². The van der Waals surface area contributed by atoms with Crippen LogP contribution in [0.1, 0.15) is 71.6 Å². The molecule has 3 aromatic carbocycles. The van der Waals surface area contributed by atoms with Gasteiger partial charge >= 0.3 is 0 Å². The summed E-state index contributed by atoms with van der Waals surface area (Å²) in [5, 5.41) is 4.26. The number of benzene rings is 3. The molecule has 5 nitrogen and oxygen atoms in total. The summed E-state index contributed by atoms with van der Waals surface area (Å²) in [6, 6.07) is 23.9. The van der Waals surface area contributed by atoms with E-state index in [-0.39, 0.29) is 24.0 Å². The summed E-state index contributed by atoms with van der Waals surface area (Å²) in [7, 11) is 0. The molecule has 0 bridgehead atoms. The van der Waals surface area contributed by atoms with E-state index in [0.717, 1.165) is 36.9 Å². The van der Waals surface area contributed by atoms with Crippen molar-refractivity contribution in [2.45, 2.75) is 57.2 Å². The number of amides is 2. The predicted octanol–water partition coefficient (Wildman–Crippen LogP) is 6.50. The highest BCUT2D eigenvalue weighted by Crippen LogP contribution is 2.36. The zero-order valence-electron chi connectivity index (χ0n) is 21.0. The molecule has 3 aromatic rings. The first-order chi connectivity index (χ1) is 17.8. The molecule has 0 spiro atoms. The number of primary amides is 1. The Bertz CT molecular complexity index is 1220. The van der Waals surface area contributed by atoms with Crippen molar-refractivity contribution in [2.75, 3.05) is 6.54 Å². The van der Waals surface area contributed by atoms with Gasteiger partial charge in [-0.1, -0.05) is 78.2 Å². The summed E-state index contributed by atoms with van der Waals surface area (Å²) in [6.07, 6.45) is 4.53. The first kappa shape index (κ1) is 27.2. The number of likely N-dealkylation sites (tertiary alicyclic amines) is 1. The zero-order chi connectivity index (χ0) is 26.4. The van der Waals surface area contributed by atoms with Crippen molar-refractivity contribution in [2.24, 2.45) is 5.73 Å². The van der Waals surface area contributed by atoms with Crippen LogP contribution in [0.3, 0.4) is 0 Å². The molecule has 37 heavy (non-hydrogen) atoms. The molecule has 7 heteroatoms. The fraction of sp³-hybridized carbons (Fsp3) is 0.333. The molecule has 1 aliphatic heterocycles. The Labute approximate surface area is 228 Å². The lowest BCUT2D eigenvalue weighted by molar-refractivity contribution is -0.121. The molecular formula is C30H33Cl2N3O2. The molecule has 2 amide bonds. The van der Waals surface area contributed by atoms with E-state index in [0.29, 0.717) is 28.5 Å². The maximum atomic E-state index is 12.4. The lowest BCUT2D eigenvalue weighted by Gasteiger charge is -2.43. The number of nitrogens with one attached hydrogen (secondary N) is 1. The van der Waals surface area contributed by atoms with Gasteiger partial charge in [0, 0.05) is 25.1 Å². The second-order valence-electron chi connectivity index (χ2n) is 9.75. The molecule has 1 fully saturated rings. The average Bonchev–Trinajstić information content (AvgIpc) is 2.90. The van der Waals surface area contributed by atoms with Crippen LogP contribution < -0.4 is 11.1 Å². The van der Waals surface area contributed by atoms with Crippen LogP contribution in [0.5, 0.6) is 0 Å². The van der Waals surface area contributed by atoms with Gasteiger partial charge in [-0.05, 0) is 72.6 Å². The van der Waals surface area contributed by atoms with Gasteiger partial charge in [-0.3, -0.25) is 14.5 Å². The molecular weight excluding hydrogens is 505 g/mol. The van der Waals surface area contributed by atoms with E-state index in [1.54, 1.807) is 19.1 Å². The fourth-order valence-electron chi connectivity index (χ4n) is 5.33. The third kappa shape index (κ3) is 7.13. The van der Waals surface area contributed by atoms with Gasteiger partial charge in [0.1, 0.15) is 0 Å². The van der Waals surface area contributed by atoms with Gasteiger partial charge < -0.3 is 11.1 Å². The van der Waals surface area contributed by atoms with Crippen LogP contribution in [-0.4, -0.2) is 29.4 Å². The molecule has 3 atom stereocenters. The van der Waals surface area contributed by atoms with E-state index < -0.39 is 5.91 Å². The molecule has 0 aromatic heterocycles. The lowest BCUT2D eigenvalue weighted by atomic mass is 9.86. The number of hydrogen-bond donors (Lipinski definition) is 2. The van der Waals surface area contributed by atoms with Crippen molar-refractivity contribution in [3.8, 4) is 0 Å². The Balaban J connectivity index is 1.67. The quantitative estimate of drug-likeness (QED) is 0.327. The van der Waals surface area contributed by atoms with Crippen molar-refractivity contribution in [1.29, 1.82) is 0 Å². The molecule has 1 aliphatic rings. The molecule has 0 aliphatic carbocycles. The normalized spacial score (nSPS) is 17.6. The summed E-state index contributed by atoms with van der Waals surface area (Å²) in [5.74, 6) is -0.458. The van der Waals surface area contributed by atoms with Crippen LogP contribution in [0.4, 0.5) is 0 Å². The zero-order valence-corrected chi connectivity index (χ0v) is 22.5. The fourth-order valence-corrected chi connectivity index (χ4v) is 5.64. The van der Waals surface area contributed by atoms with Crippen LogP contribution in [0.25, 0.3) is 0 Å². The largest absolute Gasteiger partial charge is 0.366 e. The molecule has 3 N–H and O–H groups in total. The van der Waals surface area contributed by atoms with Gasteiger partial charge in [-0.2, -0.15) is 0 Å². The number of nitrogens with zero attached hydrogens (tertiary/aromatic N) is 1. The Morgan fingerprint density at radius 3 is 2.38 bits per heavy atom. The minimum Gasteiger partial charge on any atom is -0.366 e. The molecule has 1 saturated heterocycles. The number of nitrogens with two attached hydrogens (primary N) is 1. The number of hydrogen-bond acceptors (Lipinski definition) is 3. The summed E-state index contributed by atoms with van der Waals surface area (Å²) in [4.78, 5) is 26.4. The van der Waals surface area contributed by atoms with E-state index in [2.05, 4.69) is 34.5 Å². The molecule has 0 saturated carbocycles. The van der Waals surface area contributed by atoms with Gasteiger partial charge in [0.05, 0.1) is 16.2 Å². The summed E-state index contributed by atoms with van der Waals surface area (Å²) >= 11 is 12.7. The van der Waals surface area contributed by atoms with Crippen molar-refractivity contribution in [3.05, 3.63) is 105 Å². The molecule has 4 rings (SSSR count). The third-order valence-electron chi connectivity index (χ3n) is 7.14. The van der Waals surface area contributed by atoms with Crippen LogP contribution in [-0.2, 0) is 11.2 Å². The minimum absolute atomic E-state index is 0.0457. The Kier molecular flexibility index (Phi) is 9.25. The maximum Gasteiger partial charge on any atom is 0.248 e. The van der Waals surface area contributed by atoms with E-state index in [1.165, 1.54) is 5.56 Å². The average molecular weight is 539 g/mol. The topological polar surface area (TPSA) is 75.4 Å². The Morgan fingerprint density at radius 2 is 1.73 bits per heavy atom. The van der Waals surface area contributed by atoms with Crippen LogP contribution in [0.15, 0.2) is 72.8 Å². The van der Waals surface area contributed by atoms with Crippen molar-refractivity contribution < 1.29 is 9.59 Å². The smallest absolute Gasteiger partial charge is 0.248 e. The van der Waals surface area contributed by atoms with Crippen molar-refractivity contribution in [1.82, 2.24) is 10.2 Å². The van der Waals surface area contributed by atoms with Crippen molar-refractivity contribution in [3.63, 3.8) is 0 Å². The number of rotatable bonds is 9. The van der Waals surface area contributed by atoms with Crippen LogP contribution in [0, 0.1) is 0 Å². The van der Waals surface area contributed by atoms with E-state index in [1.807, 2.05) is 36.4 Å². The molecule has 194 valence electrons. The monoisotopic (exact) mass is 537 g/mol. The highest BCUT2D eigenvalue weighted by atomic mass is 35.5. The van der Waals surface area contributed by atoms with Gasteiger partial charge in [0.2, 0.25) is 11.8 Å². The number of halogens is 2. The first-order valence-electron chi connectivity index (χ1n) is 12.7. The maximum absolute atomic E-state index is 12.4. The lowest BCUT2D eigenvalue weighted by Crippen LogP contribution is -2.51. The van der Waals surface area contributed by atoms with Gasteiger partial charge in [0.15, 0.2) is 0 Å². The summed E-state index contributed by atoms with van der Waals surface area (Å²) in [5.41, 5.74) is 9.30. The molecule has 1 heterocycles. The highest BCUT2D eigenvalue weighted by Gasteiger charge is 2.32. The second-order valence-corrected chi connectivity index (χ2v) is 10.6. The minimum atomic E-state index is -0.449. The summed E-state index contributed by atoms with van der Waals surface area (Å²) < 4.78 is 0. The van der Waals surface area contributed by atoms with Gasteiger partial charge in [-0.15, -0.1) is 0 Å². The number of carbonyl (C=O) groups is 2. The number of carbonyl (C=O) groups excluding carboxylic acids is 2. The number of piperidine rings is 1. The van der Waals surface area contributed by atoms with Crippen molar-refractivity contribution >= 4 is 35.0 Å².